The van der Waals surface area contributed by atoms with Gasteiger partial charge < -0.3 is 9.64 Å². The number of amides is 1. The zero-order chi connectivity index (χ0) is 26.8. The smallest absolute Gasteiger partial charge is 0.410 e. The van der Waals surface area contributed by atoms with Gasteiger partial charge in [-0.25, -0.2) is 26.9 Å². The average Bonchev–Trinajstić information content (AvgIpc) is 2.87. The SMILES string of the molecule is CC(c1ccc(-c2ccc(F)cc2F)cc1)N1CC[C@@H](CCCNS(C)=O)OC1=O.Fc1ccccc1. The van der Waals surface area contributed by atoms with Gasteiger partial charge in [-0.3, -0.25) is 0 Å². The topological polar surface area (TPSA) is 58.6 Å². The summed E-state index contributed by atoms with van der Waals surface area (Å²) >= 11 is 0. The van der Waals surface area contributed by atoms with Crippen molar-refractivity contribution < 1.29 is 26.9 Å². The molecule has 0 bridgehead atoms. The molecule has 0 saturated carbocycles. The van der Waals surface area contributed by atoms with Gasteiger partial charge in [-0.05, 0) is 55.2 Å². The number of carbonyl (C=O) groups is 1. The first kappa shape index (κ1) is 28.4. The van der Waals surface area contributed by atoms with Crippen molar-refractivity contribution in [2.24, 2.45) is 0 Å². The van der Waals surface area contributed by atoms with E-state index in [-0.39, 0.29) is 24.1 Å². The van der Waals surface area contributed by atoms with E-state index in [1.54, 1.807) is 41.5 Å². The van der Waals surface area contributed by atoms with Crippen molar-refractivity contribution in [3.8, 4) is 11.1 Å². The first-order chi connectivity index (χ1) is 17.7. The monoisotopic (exact) mass is 532 g/mol. The van der Waals surface area contributed by atoms with E-state index >= 15 is 0 Å². The third kappa shape index (κ3) is 8.72. The van der Waals surface area contributed by atoms with Crippen molar-refractivity contribution in [2.45, 2.75) is 38.3 Å². The molecule has 0 aromatic heterocycles. The lowest BCUT2D eigenvalue weighted by atomic mass is 9.99. The molecule has 1 aliphatic rings. The highest BCUT2D eigenvalue weighted by molar-refractivity contribution is 7.82. The number of cyclic esters (lactones) is 1. The Labute approximate surface area is 218 Å². The van der Waals surface area contributed by atoms with E-state index in [0.717, 1.165) is 30.9 Å². The number of benzene rings is 3. The Balaban J connectivity index is 0.000000468. The molecule has 198 valence electrons. The third-order valence-electron chi connectivity index (χ3n) is 6.04. The summed E-state index contributed by atoms with van der Waals surface area (Å²) in [6.07, 6.45) is 3.37. The van der Waals surface area contributed by atoms with Gasteiger partial charge in [-0.2, -0.15) is 0 Å². The van der Waals surface area contributed by atoms with E-state index in [9.17, 15) is 22.2 Å². The van der Waals surface area contributed by atoms with Crippen LogP contribution in [0.25, 0.3) is 11.1 Å². The van der Waals surface area contributed by atoms with E-state index in [4.69, 9.17) is 4.74 Å². The number of hydrogen-bond acceptors (Lipinski definition) is 3. The quantitative estimate of drug-likeness (QED) is 0.342. The predicted molar refractivity (Wildman–Crippen MR) is 140 cm³/mol. The van der Waals surface area contributed by atoms with Gasteiger partial charge in [-0.15, -0.1) is 0 Å². The van der Waals surface area contributed by atoms with Gasteiger partial charge in [0, 0.05) is 37.4 Å². The molecule has 9 heteroatoms. The lowest BCUT2D eigenvalue weighted by Gasteiger charge is -2.36. The van der Waals surface area contributed by atoms with Gasteiger partial charge in [0.15, 0.2) is 0 Å². The molecule has 1 heterocycles. The third-order valence-corrected chi connectivity index (χ3v) is 6.65. The summed E-state index contributed by atoms with van der Waals surface area (Å²) in [7, 11) is -1.03. The highest BCUT2D eigenvalue weighted by atomic mass is 32.2. The molecule has 0 spiro atoms. The molecule has 3 aromatic carbocycles. The highest BCUT2D eigenvalue weighted by Crippen LogP contribution is 2.29. The Bertz CT molecular complexity index is 1180. The van der Waals surface area contributed by atoms with Crippen LogP contribution in [0.3, 0.4) is 0 Å². The lowest BCUT2D eigenvalue weighted by Crippen LogP contribution is -2.43. The minimum Gasteiger partial charge on any atom is -0.446 e. The van der Waals surface area contributed by atoms with Gasteiger partial charge >= 0.3 is 6.09 Å². The molecule has 1 amide bonds. The van der Waals surface area contributed by atoms with Gasteiger partial charge in [0.05, 0.1) is 17.0 Å². The van der Waals surface area contributed by atoms with Gasteiger partial charge in [0.2, 0.25) is 0 Å². The second-order valence-electron chi connectivity index (χ2n) is 8.70. The molecule has 1 N–H and O–H groups in total. The summed E-state index contributed by atoms with van der Waals surface area (Å²) in [5.74, 6) is -1.40. The molecule has 3 atom stereocenters. The van der Waals surface area contributed by atoms with Crippen LogP contribution in [0.4, 0.5) is 18.0 Å². The van der Waals surface area contributed by atoms with Crippen molar-refractivity contribution in [3.63, 3.8) is 0 Å². The maximum Gasteiger partial charge on any atom is 0.410 e. The van der Waals surface area contributed by atoms with E-state index in [0.29, 0.717) is 24.2 Å². The van der Waals surface area contributed by atoms with Crippen LogP contribution >= 0.6 is 0 Å². The largest absolute Gasteiger partial charge is 0.446 e. The highest BCUT2D eigenvalue weighted by Gasteiger charge is 2.30. The Hall–Kier alpha value is -3.17. The molecular formula is C28H31F3N2O3S. The van der Waals surface area contributed by atoms with Crippen LogP contribution in [0.5, 0.6) is 0 Å². The molecular weight excluding hydrogens is 501 g/mol. The Morgan fingerprint density at radius 3 is 2.30 bits per heavy atom. The number of ether oxygens (including phenoxy) is 1. The minimum atomic E-state index is -1.03. The summed E-state index contributed by atoms with van der Waals surface area (Å²) < 4.78 is 58.4. The van der Waals surface area contributed by atoms with Crippen molar-refractivity contribution in [1.29, 1.82) is 0 Å². The molecule has 0 aliphatic carbocycles. The number of hydrogen-bond donors (Lipinski definition) is 1. The van der Waals surface area contributed by atoms with Gasteiger partial charge in [0.25, 0.3) is 0 Å². The summed E-state index contributed by atoms with van der Waals surface area (Å²) in [6, 6.07) is 18.5. The summed E-state index contributed by atoms with van der Waals surface area (Å²) in [4.78, 5) is 14.2. The van der Waals surface area contributed by atoms with Crippen LogP contribution in [0.15, 0.2) is 72.8 Å². The van der Waals surface area contributed by atoms with E-state index in [1.807, 2.05) is 19.1 Å². The summed E-state index contributed by atoms with van der Waals surface area (Å²) in [5, 5.41) is 0. The molecule has 3 aromatic rings. The normalized spacial score (nSPS) is 16.8. The van der Waals surface area contributed by atoms with Crippen LogP contribution < -0.4 is 4.72 Å². The molecule has 2 unspecified atom stereocenters. The van der Waals surface area contributed by atoms with Gasteiger partial charge in [-0.1, -0.05) is 42.5 Å². The zero-order valence-electron chi connectivity index (χ0n) is 20.8. The zero-order valence-corrected chi connectivity index (χ0v) is 21.6. The minimum absolute atomic E-state index is 0.128. The maximum atomic E-state index is 14.0. The van der Waals surface area contributed by atoms with E-state index < -0.39 is 22.6 Å². The van der Waals surface area contributed by atoms with Crippen LogP contribution in [0.1, 0.15) is 37.8 Å². The Kier molecular flexibility index (Phi) is 10.7. The second kappa shape index (κ2) is 13.9. The van der Waals surface area contributed by atoms with Crippen molar-refractivity contribution >= 4 is 17.1 Å². The summed E-state index contributed by atoms with van der Waals surface area (Å²) in [6.45, 7) is 3.14. The van der Waals surface area contributed by atoms with Crippen molar-refractivity contribution in [1.82, 2.24) is 9.62 Å². The number of rotatable bonds is 8. The van der Waals surface area contributed by atoms with Crippen LogP contribution in [0, 0.1) is 17.5 Å². The van der Waals surface area contributed by atoms with Crippen LogP contribution in [-0.2, 0) is 15.7 Å². The lowest BCUT2D eigenvalue weighted by molar-refractivity contribution is 0.00942. The fraction of sp³-hybridized carbons (Fsp3) is 0.321. The molecule has 4 rings (SSSR count). The fourth-order valence-corrected chi connectivity index (χ4v) is 4.44. The standard InChI is InChI=1S/C22H26F2N2O3S.C6H5F/c1-15(26-13-11-19(29-22(26)27)4-3-12-25-30(2)28)16-5-7-17(8-6-16)20-10-9-18(23)14-21(20)24;7-6-4-2-1-3-5-6/h5-10,14-15,19,25H,3-4,11-13H2,1-2H3;1-5H/t15?,19-,30?;/m1./s1. The number of carbonyl (C=O) groups excluding carboxylic acids is 1. The fourth-order valence-electron chi connectivity index (χ4n) is 4.00. The number of nitrogens with zero attached hydrogens (tertiary/aromatic N) is 1. The van der Waals surface area contributed by atoms with E-state index in [1.165, 1.54) is 24.3 Å². The molecule has 1 aliphatic heterocycles. The first-order valence-electron chi connectivity index (χ1n) is 12.0. The predicted octanol–water partition coefficient (Wildman–Crippen LogP) is 6.39. The van der Waals surface area contributed by atoms with Crippen molar-refractivity contribution in [3.05, 3.63) is 95.8 Å². The van der Waals surface area contributed by atoms with Crippen LogP contribution in [-0.4, -0.2) is 40.7 Å². The summed E-state index contributed by atoms with van der Waals surface area (Å²) in [5.41, 5.74) is 1.88. The second-order valence-corrected chi connectivity index (χ2v) is 9.89. The van der Waals surface area contributed by atoms with E-state index in [2.05, 4.69) is 4.72 Å². The molecule has 37 heavy (non-hydrogen) atoms. The maximum absolute atomic E-state index is 14.0. The molecule has 5 nitrogen and oxygen atoms in total. The Morgan fingerprint density at radius 2 is 1.73 bits per heavy atom. The van der Waals surface area contributed by atoms with Crippen molar-refractivity contribution in [2.75, 3.05) is 19.3 Å². The molecule has 0 radical (unpaired) electrons. The van der Waals surface area contributed by atoms with Gasteiger partial charge in [0.1, 0.15) is 23.6 Å². The van der Waals surface area contributed by atoms with Crippen LogP contribution in [0.2, 0.25) is 0 Å². The molecule has 1 fully saturated rings. The number of nitrogens with one attached hydrogen (secondary N) is 1. The Morgan fingerprint density at radius 1 is 1.03 bits per heavy atom. The first-order valence-corrected chi connectivity index (χ1v) is 13.6. The molecule has 1 saturated heterocycles. The average molecular weight is 533 g/mol. The number of halogens is 3.